The molecule has 6 heteroatoms. The van der Waals surface area contributed by atoms with E-state index in [1.807, 2.05) is 0 Å². The van der Waals surface area contributed by atoms with Gasteiger partial charge in [-0.1, -0.05) is 28.1 Å². The number of carbonyl (C=O) groups is 2. The molecule has 20 heavy (non-hydrogen) atoms. The summed E-state index contributed by atoms with van der Waals surface area (Å²) in [5, 5.41) is 0. The molecule has 1 aliphatic heterocycles. The van der Waals surface area contributed by atoms with Crippen LogP contribution in [0.5, 0.6) is 0 Å². The van der Waals surface area contributed by atoms with Gasteiger partial charge >= 0.3 is 11.9 Å². The number of hydrogen-bond acceptors (Lipinski definition) is 5. The molecule has 1 heterocycles. The van der Waals surface area contributed by atoms with Crippen molar-refractivity contribution in [3.8, 4) is 0 Å². The third-order valence-corrected chi connectivity index (χ3v) is 3.41. The standard InChI is InChI=1S/C14H15BrO5/c1-9(16)18-8-14(10-4-6-11(15)7-5-10)12(17)19-13(2,3)20-14/h4-7H,8H2,1-3H3/t14-/m1/s1. The van der Waals surface area contributed by atoms with Gasteiger partial charge in [-0.05, 0) is 17.7 Å². The molecule has 1 aliphatic rings. The van der Waals surface area contributed by atoms with Crippen molar-refractivity contribution < 1.29 is 23.8 Å². The fourth-order valence-corrected chi connectivity index (χ4v) is 2.32. The summed E-state index contributed by atoms with van der Waals surface area (Å²) < 4.78 is 16.8. The highest BCUT2D eigenvalue weighted by molar-refractivity contribution is 9.10. The molecule has 0 N–H and O–H groups in total. The highest BCUT2D eigenvalue weighted by atomic mass is 79.9. The van der Waals surface area contributed by atoms with Crippen LogP contribution in [0.15, 0.2) is 28.7 Å². The van der Waals surface area contributed by atoms with Gasteiger partial charge in [0.05, 0.1) is 0 Å². The number of rotatable bonds is 3. The van der Waals surface area contributed by atoms with E-state index in [0.717, 1.165) is 4.47 Å². The van der Waals surface area contributed by atoms with Crippen LogP contribution in [0.2, 0.25) is 0 Å². The molecular formula is C14H15BrO5. The number of ether oxygens (including phenoxy) is 3. The normalized spacial score (nSPS) is 24.3. The van der Waals surface area contributed by atoms with E-state index in [9.17, 15) is 9.59 Å². The van der Waals surface area contributed by atoms with Crippen molar-refractivity contribution in [1.82, 2.24) is 0 Å². The lowest BCUT2D eigenvalue weighted by molar-refractivity contribution is -0.181. The summed E-state index contributed by atoms with van der Waals surface area (Å²) in [5.74, 6) is -2.11. The molecule has 0 radical (unpaired) electrons. The summed E-state index contributed by atoms with van der Waals surface area (Å²) in [6.45, 7) is 4.34. The first kappa shape index (κ1) is 15.0. The van der Waals surface area contributed by atoms with Gasteiger partial charge in [-0.3, -0.25) is 4.79 Å². The predicted molar refractivity (Wildman–Crippen MR) is 73.7 cm³/mol. The highest BCUT2D eigenvalue weighted by Crippen LogP contribution is 2.40. The molecule has 0 amide bonds. The fraction of sp³-hybridized carbons (Fsp3) is 0.429. The van der Waals surface area contributed by atoms with Crippen molar-refractivity contribution in [1.29, 1.82) is 0 Å². The van der Waals surface area contributed by atoms with Gasteiger partial charge in [0.1, 0.15) is 6.61 Å². The molecular weight excluding hydrogens is 328 g/mol. The molecule has 0 saturated carbocycles. The molecule has 2 rings (SSSR count). The zero-order valence-electron chi connectivity index (χ0n) is 11.4. The molecule has 1 fully saturated rings. The minimum absolute atomic E-state index is 0.216. The maximum Gasteiger partial charge on any atom is 0.349 e. The van der Waals surface area contributed by atoms with Crippen LogP contribution in [-0.4, -0.2) is 24.3 Å². The first-order valence-electron chi connectivity index (χ1n) is 6.08. The Labute approximate surface area is 125 Å². The second-order valence-electron chi connectivity index (χ2n) is 5.01. The quantitative estimate of drug-likeness (QED) is 0.790. The van der Waals surface area contributed by atoms with Gasteiger partial charge in [0, 0.05) is 25.2 Å². The molecule has 1 atom stereocenters. The van der Waals surface area contributed by atoms with E-state index in [4.69, 9.17) is 14.2 Å². The SMILES string of the molecule is CC(=O)OC[C@]1(c2ccc(Br)cc2)OC(C)(C)OC1=O. The second-order valence-corrected chi connectivity index (χ2v) is 5.92. The summed E-state index contributed by atoms with van der Waals surface area (Å²) in [5.41, 5.74) is -0.840. The Balaban J connectivity index is 2.41. The summed E-state index contributed by atoms with van der Waals surface area (Å²) in [6.07, 6.45) is 0. The van der Waals surface area contributed by atoms with E-state index >= 15 is 0 Å². The third-order valence-electron chi connectivity index (χ3n) is 2.88. The van der Waals surface area contributed by atoms with Gasteiger partial charge in [0.25, 0.3) is 0 Å². The van der Waals surface area contributed by atoms with E-state index in [-0.39, 0.29) is 6.61 Å². The summed E-state index contributed by atoms with van der Waals surface area (Å²) in [6, 6.07) is 7.03. The summed E-state index contributed by atoms with van der Waals surface area (Å²) in [7, 11) is 0. The predicted octanol–water partition coefficient (Wildman–Crippen LogP) is 2.52. The lowest BCUT2D eigenvalue weighted by Crippen LogP contribution is -2.40. The zero-order valence-corrected chi connectivity index (χ0v) is 13.0. The number of carbonyl (C=O) groups excluding carboxylic acids is 2. The zero-order chi connectivity index (χ0) is 15.0. The maximum atomic E-state index is 12.3. The lowest BCUT2D eigenvalue weighted by Gasteiger charge is -2.26. The van der Waals surface area contributed by atoms with Gasteiger partial charge in [0.15, 0.2) is 0 Å². The van der Waals surface area contributed by atoms with E-state index in [1.165, 1.54) is 6.92 Å². The van der Waals surface area contributed by atoms with Crippen molar-refractivity contribution >= 4 is 27.9 Å². The van der Waals surface area contributed by atoms with Gasteiger partial charge in [-0.2, -0.15) is 0 Å². The minimum atomic E-state index is -1.42. The topological polar surface area (TPSA) is 61.8 Å². The summed E-state index contributed by atoms with van der Waals surface area (Å²) in [4.78, 5) is 23.3. The van der Waals surface area contributed by atoms with Crippen molar-refractivity contribution in [2.75, 3.05) is 6.61 Å². The Hall–Kier alpha value is -1.40. The number of esters is 2. The van der Waals surface area contributed by atoms with E-state index < -0.39 is 23.3 Å². The third kappa shape index (κ3) is 2.86. The number of hydrogen-bond donors (Lipinski definition) is 0. The highest BCUT2D eigenvalue weighted by Gasteiger charge is 2.56. The van der Waals surface area contributed by atoms with Crippen LogP contribution in [0.25, 0.3) is 0 Å². The average Bonchev–Trinajstić information content (AvgIpc) is 2.58. The van der Waals surface area contributed by atoms with Crippen LogP contribution < -0.4 is 0 Å². The van der Waals surface area contributed by atoms with Gasteiger partial charge in [-0.25, -0.2) is 4.79 Å². The average molecular weight is 343 g/mol. The van der Waals surface area contributed by atoms with Crippen LogP contribution in [0.1, 0.15) is 26.3 Å². The molecule has 0 aliphatic carbocycles. The van der Waals surface area contributed by atoms with Crippen molar-refractivity contribution in [2.24, 2.45) is 0 Å². The van der Waals surface area contributed by atoms with Crippen LogP contribution in [0.4, 0.5) is 0 Å². The van der Waals surface area contributed by atoms with Gasteiger partial charge in [0.2, 0.25) is 11.4 Å². The van der Waals surface area contributed by atoms with Crippen molar-refractivity contribution in [3.05, 3.63) is 34.3 Å². The number of halogens is 1. The van der Waals surface area contributed by atoms with Gasteiger partial charge < -0.3 is 14.2 Å². The molecule has 108 valence electrons. The minimum Gasteiger partial charge on any atom is -0.462 e. The fourth-order valence-electron chi connectivity index (χ4n) is 2.06. The molecule has 1 saturated heterocycles. The van der Waals surface area contributed by atoms with E-state index in [0.29, 0.717) is 5.56 Å². The molecule has 0 unspecified atom stereocenters. The molecule has 1 aromatic rings. The smallest absolute Gasteiger partial charge is 0.349 e. The summed E-state index contributed by atoms with van der Waals surface area (Å²) >= 11 is 3.33. The number of benzene rings is 1. The first-order chi connectivity index (χ1) is 9.25. The van der Waals surface area contributed by atoms with Crippen LogP contribution >= 0.6 is 15.9 Å². The Kier molecular flexibility index (Phi) is 3.88. The van der Waals surface area contributed by atoms with Crippen LogP contribution in [0, 0.1) is 0 Å². The Bertz CT molecular complexity index is 537. The van der Waals surface area contributed by atoms with Crippen molar-refractivity contribution in [2.45, 2.75) is 32.2 Å². The van der Waals surface area contributed by atoms with E-state index in [1.54, 1.807) is 38.1 Å². The van der Waals surface area contributed by atoms with Crippen molar-refractivity contribution in [3.63, 3.8) is 0 Å². The van der Waals surface area contributed by atoms with Crippen LogP contribution in [-0.2, 0) is 29.4 Å². The lowest BCUT2D eigenvalue weighted by atomic mass is 9.95. The second kappa shape index (κ2) is 5.18. The molecule has 0 spiro atoms. The van der Waals surface area contributed by atoms with E-state index in [2.05, 4.69) is 15.9 Å². The number of cyclic esters (lactones) is 1. The Morgan fingerprint density at radius 1 is 1.30 bits per heavy atom. The Morgan fingerprint density at radius 3 is 2.35 bits per heavy atom. The molecule has 0 aromatic heterocycles. The molecule has 1 aromatic carbocycles. The molecule has 0 bridgehead atoms. The largest absolute Gasteiger partial charge is 0.462 e. The first-order valence-corrected chi connectivity index (χ1v) is 6.87. The van der Waals surface area contributed by atoms with Crippen LogP contribution in [0.3, 0.4) is 0 Å². The maximum absolute atomic E-state index is 12.3. The van der Waals surface area contributed by atoms with Gasteiger partial charge in [-0.15, -0.1) is 0 Å². The monoisotopic (exact) mass is 342 g/mol. The molecule has 5 nitrogen and oxygen atoms in total. The Morgan fingerprint density at radius 2 is 1.90 bits per heavy atom.